The summed E-state index contributed by atoms with van der Waals surface area (Å²) >= 11 is 1.59. The van der Waals surface area contributed by atoms with Gasteiger partial charge in [-0.05, 0) is 60.1 Å². The van der Waals surface area contributed by atoms with Crippen LogP contribution in [0, 0.1) is 11.3 Å². The van der Waals surface area contributed by atoms with Gasteiger partial charge in [-0.3, -0.25) is 9.59 Å². The minimum atomic E-state index is -0.712. The number of carbonyl (C=O) groups excluding carboxylic acids is 1. The second kappa shape index (κ2) is 9.01. The van der Waals surface area contributed by atoms with Crippen molar-refractivity contribution in [2.45, 2.75) is 79.2 Å². The second-order valence-electron chi connectivity index (χ2n) is 10.5. The van der Waals surface area contributed by atoms with Crippen molar-refractivity contribution in [3.63, 3.8) is 0 Å². The van der Waals surface area contributed by atoms with Crippen LogP contribution in [0.15, 0.2) is 29.1 Å². The number of aryl methyl sites for hydroxylation is 1. The molecule has 1 aliphatic carbocycles. The number of nitrogens with one attached hydrogen (secondary N) is 1. The van der Waals surface area contributed by atoms with Gasteiger partial charge in [0.15, 0.2) is 4.83 Å². The van der Waals surface area contributed by atoms with E-state index >= 15 is 0 Å². The topological polar surface area (TPSA) is 76.9 Å². The molecule has 0 bridgehead atoms. The number of benzene rings is 1. The molecule has 176 valence electrons. The number of aromatic nitrogens is 3. The van der Waals surface area contributed by atoms with E-state index in [0.29, 0.717) is 22.6 Å². The van der Waals surface area contributed by atoms with Crippen LogP contribution in [0.5, 0.6) is 0 Å². The van der Waals surface area contributed by atoms with E-state index in [-0.39, 0.29) is 22.8 Å². The number of hydrogen-bond donors (Lipinski definition) is 1. The predicted molar refractivity (Wildman–Crippen MR) is 135 cm³/mol. The number of fused-ring (bicyclic) bond motifs is 3. The molecule has 1 aliphatic rings. The average molecular weight is 467 g/mol. The number of amides is 1. The Hall–Kier alpha value is -2.54. The van der Waals surface area contributed by atoms with Crippen LogP contribution >= 0.6 is 11.3 Å². The first-order valence-corrected chi connectivity index (χ1v) is 12.7. The first-order valence-electron chi connectivity index (χ1n) is 11.9. The smallest absolute Gasteiger partial charge is 0.279 e. The van der Waals surface area contributed by atoms with Crippen LogP contribution in [0.4, 0.5) is 5.69 Å². The molecule has 1 N–H and O–H groups in total. The highest BCUT2D eigenvalue weighted by molar-refractivity contribution is 7.18. The van der Waals surface area contributed by atoms with Crippen molar-refractivity contribution in [1.29, 1.82) is 0 Å². The molecule has 0 radical (unpaired) electrons. The number of anilines is 1. The lowest BCUT2D eigenvalue weighted by Crippen LogP contribution is -2.36. The average Bonchev–Trinajstić information content (AvgIpc) is 3.14. The molecule has 33 heavy (non-hydrogen) atoms. The maximum Gasteiger partial charge on any atom is 0.279 e. The molecule has 4 rings (SSSR count). The van der Waals surface area contributed by atoms with Gasteiger partial charge in [0.2, 0.25) is 5.91 Å². The van der Waals surface area contributed by atoms with Crippen LogP contribution in [0.2, 0.25) is 0 Å². The summed E-state index contributed by atoms with van der Waals surface area (Å²) in [6, 6.07) is 7.08. The standard InChI is InChI=1S/C26H34N4O2S/c1-7-20(23(31)27-19-11-9-8-10-17(19)15(2)3)30-25(32)22-18-13-12-16(26(4,5)6)14-21(18)33-24(22)28-29-30/h8-11,15-16,20H,7,12-14H2,1-6H3,(H,27,31). The van der Waals surface area contributed by atoms with Crippen LogP contribution in [-0.4, -0.2) is 20.9 Å². The van der Waals surface area contributed by atoms with Crippen molar-refractivity contribution >= 4 is 33.1 Å². The molecule has 7 heteroatoms. The number of rotatable bonds is 5. The van der Waals surface area contributed by atoms with Crippen LogP contribution in [-0.2, 0) is 17.6 Å². The zero-order valence-electron chi connectivity index (χ0n) is 20.4. The molecular formula is C26H34N4O2S. The highest BCUT2D eigenvalue weighted by atomic mass is 32.1. The molecule has 2 aromatic heterocycles. The molecule has 0 fully saturated rings. The fourth-order valence-electron chi connectivity index (χ4n) is 4.85. The van der Waals surface area contributed by atoms with Crippen LogP contribution in [0.1, 0.15) is 82.3 Å². The van der Waals surface area contributed by atoms with Gasteiger partial charge in [-0.25, -0.2) is 0 Å². The molecule has 0 saturated heterocycles. The van der Waals surface area contributed by atoms with Gasteiger partial charge < -0.3 is 5.32 Å². The molecule has 0 aliphatic heterocycles. The Labute approximate surface area is 199 Å². The number of carbonyl (C=O) groups is 1. The summed E-state index contributed by atoms with van der Waals surface area (Å²) in [4.78, 5) is 28.8. The van der Waals surface area contributed by atoms with Gasteiger partial charge in [0.25, 0.3) is 5.56 Å². The Morgan fingerprint density at radius 3 is 2.67 bits per heavy atom. The van der Waals surface area contributed by atoms with E-state index in [1.165, 1.54) is 9.56 Å². The fraction of sp³-hybridized carbons (Fsp3) is 0.538. The lowest BCUT2D eigenvalue weighted by atomic mass is 9.72. The third-order valence-electron chi connectivity index (χ3n) is 6.95. The van der Waals surface area contributed by atoms with Crippen molar-refractivity contribution in [2.75, 3.05) is 5.32 Å². The van der Waals surface area contributed by atoms with Gasteiger partial charge in [-0.15, -0.1) is 16.4 Å². The lowest BCUT2D eigenvalue weighted by Gasteiger charge is -2.33. The van der Waals surface area contributed by atoms with Crippen LogP contribution in [0.25, 0.3) is 10.2 Å². The van der Waals surface area contributed by atoms with Gasteiger partial charge in [-0.1, -0.05) is 65.0 Å². The summed E-state index contributed by atoms with van der Waals surface area (Å²) in [6.07, 6.45) is 3.37. The minimum Gasteiger partial charge on any atom is -0.324 e. The quantitative estimate of drug-likeness (QED) is 0.522. The number of para-hydroxylation sites is 1. The number of hydrogen-bond acceptors (Lipinski definition) is 5. The van der Waals surface area contributed by atoms with Crippen molar-refractivity contribution in [3.05, 3.63) is 50.6 Å². The van der Waals surface area contributed by atoms with E-state index in [1.54, 1.807) is 11.3 Å². The molecule has 2 atom stereocenters. The van der Waals surface area contributed by atoms with E-state index in [1.807, 2.05) is 31.2 Å². The summed E-state index contributed by atoms with van der Waals surface area (Å²) in [5.41, 5.74) is 2.99. The lowest BCUT2D eigenvalue weighted by molar-refractivity contribution is -0.119. The second-order valence-corrected chi connectivity index (χ2v) is 11.6. The maximum atomic E-state index is 13.6. The third-order valence-corrected chi connectivity index (χ3v) is 8.09. The summed E-state index contributed by atoms with van der Waals surface area (Å²) in [5.74, 6) is 0.622. The first kappa shape index (κ1) is 23.6. The SMILES string of the molecule is CCC(C(=O)Nc1ccccc1C(C)C)n1nnc2sc3c(c2c1=O)CCC(C(C)(C)C)C3. The Balaban J connectivity index is 1.68. The van der Waals surface area contributed by atoms with E-state index in [9.17, 15) is 9.59 Å². The van der Waals surface area contributed by atoms with E-state index in [2.05, 4.69) is 50.2 Å². The highest BCUT2D eigenvalue weighted by Gasteiger charge is 2.33. The maximum absolute atomic E-state index is 13.6. The first-order chi connectivity index (χ1) is 15.6. The monoisotopic (exact) mass is 466 g/mol. The Morgan fingerprint density at radius 2 is 2.00 bits per heavy atom. The molecule has 1 aromatic carbocycles. The fourth-order valence-corrected chi connectivity index (χ4v) is 6.08. The molecule has 0 saturated carbocycles. The van der Waals surface area contributed by atoms with Crippen molar-refractivity contribution in [1.82, 2.24) is 15.0 Å². The highest BCUT2D eigenvalue weighted by Crippen LogP contribution is 2.42. The molecule has 2 unspecified atom stereocenters. The van der Waals surface area contributed by atoms with Gasteiger partial charge in [-0.2, -0.15) is 4.68 Å². The van der Waals surface area contributed by atoms with Crippen molar-refractivity contribution in [3.8, 4) is 0 Å². The molecule has 0 spiro atoms. The van der Waals surface area contributed by atoms with E-state index in [0.717, 1.165) is 36.1 Å². The van der Waals surface area contributed by atoms with Gasteiger partial charge in [0.1, 0.15) is 6.04 Å². The Bertz CT molecular complexity index is 1240. The minimum absolute atomic E-state index is 0.203. The van der Waals surface area contributed by atoms with Gasteiger partial charge in [0.05, 0.1) is 5.39 Å². The third kappa shape index (κ3) is 4.47. The predicted octanol–water partition coefficient (Wildman–Crippen LogP) is 5.72. The van der Waals surface area contributed by atoms with Crippen molar-refractivity contribution < 1.29 is 4.79 Å². The molecule has 6 nitrogen and oxygen atoms in total. The van der Waals surface area contributed by atoms with E-state index in [4.69, 9.17) is 0 Å². The molecule has 2 heterocycles. The summed E-state index contributed by atoms with van der Waals surface area (Å²) < 4.78 is 1.29. The zero-order chi connectivity index (χ0) is 23.9. The summed E-state index contributed by atoms with van der Waals surface area (Å²) in [6.45, 7) is 12.9. The van der Waals surface area contributed by atoms with Gasteiger partial charge in [0, 0.05) is 10.6 Å². The normalized spacial score (nSPS) is 17.2. The summed E-state index contributed by atoms with van der Waals surface area (Å²) in [5, 5.41) is 12.3. The number of nitrogens with zero attached hydrogens (tertiary/aromatic N) is 3. The van der Waals surface area contributed by atoms with Crippen LogP contribution in [0.3, 0.4) is 0 Å². The largest absolute Gasteiger partial charge is 0.324 e. The van der Waals surface area contributed by atoms with Crippen LogP contribution < -0.4 is 10.9 Å². The molecular weight excluding hydrogens is 432 g/mol. The van der Waals surface area contributed by atoms with Crippen molar-refractivity contribution in [2.24, 2.45) is 11.3 Å². The Morgan fingerprint density at radius 1 is 1.27 bits per heavy atom. The zero-order valence-corrected chi connectivity index (χ0v) is 21.3. The number of thiophene rings is 1. The van der Waals surface area contributed by atoms with E-state index < -0.39 is 6.04 Å². The van der Waals surface area contributed by atoms with Gasteiger partial charge >= 0.3 is 0 Å². The molecule has 3 aromatic rings. The molecule has 1 amide bonds. The Kier molecular flexibility index (Phi) is 6.45. The summed E-state index contributed by atoms with van der Waals surface area (Å²) in [7, 11) is 0.